The Labute approximate surface area is 70.0 Å². The maximum atomic E-state index is 10.6. The fourth-order valence-corrected chi connectivity index (χ4v) is 1.43. The molecule has 4 nitrogen and oxygen atoms in total. The predicted molar refractivity (Wildman–Crippen MR) is 39.1 cm³/mol. The Morgan fingerprint density at radius 2 is 2.33 bits per heavy atom. The minimum absolute atomic E-state index is 0.0562. The molecule has 2 heterocycles. The summed E-state index contributed by atoms with van der Waals surface area (Å²) in [6.45, 7) is 1.40. The van der Waals surface area contributed by atoms with E-state index in [0.717, 1.165) is 0 Å². The van der Waals surface area contributed by atoms with Crippen LogP contribution < -0.4 is 0 Å². The molecular formula is C8H10O4. The van der Waals surface area contributed by atoms with Crippen LogP contribution in [0.25, 0.3) is 0 Å². The van der Waals surface area contributed by atoms with Crippen LogP contribution in [0.2, 0.25) is 0 Å². The van der Waals surface area contributed by atoms with E-state index in [2.05, 4.69) is 0 Å². The second-order valence-electron chi connectivity index (χ2n) is 2.96. The van der Waals surface area contributed by atoms with Crippen molar-refractivity contribution >= 4 is 5.97 Å². The van der Waals surface area contributed by atoms with Crippen molar-refractivity contribution < 1.29 is 19.3 Å². The Hall–Kier alpha value is -0.870. The molecule has 3 rings (SSSR count). The first kappa shape index (κ1) is 7.76. The molecule has 1 aliphatic carbocycles. The topological polar surface area (TPSA) is 44.8 Å². The summed E-state index contributed by atoms with van der Waals surface area (Å²) in [7, 11) is 0. The second kappa shape index (κ2) is 2.88. The predicted octanol–water partition coefficient (Wildman–Crippen LogP) is 0.577. The van der Waals surface area contributed by atoms with Gasteiger partial charge in [-0.2, -0.15) is 0 Å². The monoisotopic (exact) mass is 170 g/mol. The molecule has 0 spiro atoms. The molecule has 2 bridgehead atoms. The third-order valence-electron chi connectivity index (χ3n) is 1.95. The van der Waals surface area contributed by atoms with Crippen LogP contribution in [-0.2, 0) is 19.3 Å². The number of carbonyl (C=O) groups is 1. The number of esters is 1. The van der Waals surface area contributed by atoms with Crippen molar-refractivity contribution in [3.05, 3.63) is 12.2 Å². The lowest BCUT2D eigenvalue weighted by Crippen LogP contribution is -2.44. The fraction of sp³-hybridized carbons (Fsp3) is 0.625. The normalized spacial score (nSPS) is 38.2. The van der Waals surface area contributed by atoms with Gasteiger partial charge in [0.15, 0.2) is 0 Å². The van der Waals surface area contributed by atoms with Crippen LogP contribution in [-0.4, -0.2) is 24.3 Å². The molecule has 0 saturated carbocycles. The maximum Gasteiger partial charge on any atom is 0.303 e. The highest BCUT2D eigenvalue weighted by molar-refractivity contribution is 5.66. The zero-order valence-electron chi connectivity index (χ0n) is 6.73. The van der Waals surface area contributed by atoms with Gasteiger partial charge in [0.05, 0.1) is 0 Å². The van der Waals surface area contributed by atoms with Gasteiger partial charge in [-0.25, -0.2) is 9.78 Å². The average molecular weight is 170 g/mol. The van der Waals surface area contributed by atoms with Gasteiger partial charge in [0.2, 0.25) is 0 Å². The highest BCUT2D eigenvalue weighted by Gasteiger charge is 2.36. The van der Waals surface area contributed by atoms with Gasteiger partial charge < -0.3 is 4.74 Å². The standard InChI is InChI=1S/C8H10O4/c1-5(9)10-8-4-6-2-3-7(8)12-11-6/h2-3,6-8H,4H2,1H3/t6-,7+,8+/m0/s1. The molecule has 4 heteroatoms. The van der Waals surface area contributed by atoms with E-state index >= 15 is 0 Å². The van der Waals surface area contributed by atoms with Gasteiger partial charge in [0, 0.05) is 13.3 Å². The molecule has 3 aliphatic rings. The summed E-state index contributed by atoms with van der Waals surface area (Å²) in [4.78, 5) is 20.5. The van der Waals surface area contributed by atoms with Crippen LogP contribution in [0.5, 0.6) is 0 Å². The van der Waals surface area contributed by atoms with Gasteiger partial charge in [-0.15, -0.1) is 0 Å². The Bertz CT molecular complexity index is 223. The van der Waals surface area contributed by atoms with E-state index in [1.807, 2.05) is 12.2 Å². The van der Waals surface area contributed by atoms with E-state index < -0.39 is 0 Å². The number of ether oxygens (including phenoxy) is 1. The van der Waals surface area contributed by atoms with Crippen molar-refractivity contribution in [1.29, 1.82) is 0 Å². The molecule has 0 unspecified atom stereocenters. The minimum atomic E-state index is -0.274. The van der Waals surface area contributed by atoms with Crippen LogP contribution in [0.1, 0.15) is 13.3 Å². The first-order valence-corrected chi connectivity index (χ1v) is 3.93. The first-order chi connectivity index (χ1) is 5.75. The van der Waals surface area contributed by atoms with Crippen LogP contribution in [0.3, 0.4) is 0 Å². The summed E-state index contributed by atoms with van der Waals surface area (Å²) in [5, 5.41) is 0. The van der Waals surface area contributed by atoms with Crippen molar-refractivity contribution in [3.63, 3.8) is 0 Å². The lowest BCUT2D eigenvalue weighted by atomic mass is 9.98. The van der Waals surface area contributed by atoms with E-state index in [1.165, 1.54) is 6.92 Å². The van der Waals surface area contributed by atoms with E-state index in [9.17, 15) is 4.79 Å². The number of fused-ring (bicyclic) bond motifs is 2. The minimum Gasteiger partial charge on any atom is -0.459 e. The number of rotatable bonds is 1. The molecule has 0 aromatic rings. The third kappa shape index (κ3) is 1.35. The molecule has 0 radical (unpaired) electrons. The SMILES string of the molecule is CC(=O)O[C@@H]1C[C@@H]2C=C[C@H]1OO2. The molecule has 0 amide bonds. The van der Waals surface area contributed by atoms with Crippen molar-refractivity contribution in [2.45, 2.75) is 31.7 Å². The molecule has 1 saturated heterocycles. The summed E-state index contributed by atoms with van der Waals surface area (Å²) >= 11 is 0. The maximum absolute atomic E-state index is 10.6. The van der Waals surface area contributed by atoms with Crippen molar-refractivity contribution in [1.82, 2.24) is 0 Å². The van der Waals surface area contributed by atoms with Gasteiger partial charge in [0.25, 0.3) is 0 Å². The lowest BCUT2D eigenvalue weighted by Gasteiger charge is -2.35. The van der Waals surface area contributed by atoms with Gasteiger partial charge in [0.1, 0.15) is 18.3 Å². The number of hydrogen-bond acceptors (Lipinski definition) is 4. The Morgan fingerprint density at radius 1 is 1.50 bits per heavy atom. The first-order valence-electron chi connectivity index (χ1n) is 3.93. The van der Waals surface area contributed by atoms with Gasteiger partial charge in [-0.3, -0.25) is 4.79 Å². The summed E-state index contributed by atoms with van der Waals surface area (Å²) < 4.78 is 5.03. The van der Waals surface area contributed by atoms with Crippen LogP contribution >= 0.6 is 0 Å². The fourth-order valence-electron chi connectivity index (χ4n) is 1.43. The number of hydrogen-bond donors (Lipinski definition) is 0. The van der Waals surface area contributed by atoms with Crippen LogP contribution in [0, 0.1) is 0 Å². The van der Waals surface area contributed by atoms with E-state index in [-0.39, 0.29) is 24.3 Å². The zero-order valence-corrected chi connectivity index (χ0v) is 6.73. The molecule has 2 aliphatic heterocycles. The smallest absolute Gasteiger partial charge is 0.303 e. The lowest BCUT2D eigenvalue weighted by molar-refractivity contribution is -0.379. The Morgan fingerprint density at radius 3 is 2.75 bits per heavy atom. The molecule has 1 fully saturated rings. The molecule has 0 aromatic heterocycles. The van der Waals surface area contributed by atoms with E-state index in [1.54, 1.807) is 0 Å². The van der Waals surface area contributed by atoms with E-state index in [4.69, 9.17) is 14.5 Å². The summed E-state index contributed by atoms with van der Waals surface area (Å²) in [6.07, 6.45) is 4.03. The quantitative estimate of drug-likeness (QED) is 0.328. The van der Waals surface area contributed by atoms with Crippen molar-refractivity contribution in [3.8, 4) is 0 Å². The second-order valence-corrected chi connectivity index (χ2v) is 2.96. The van der Waals surface area contributed by atoms with Crippen molar-refractivity contribution in [2.75, 3.05) is 0 Å². The van der Waals surface area contributed by atoms with Crippen LogP contribution in [0.4, 0.5) is 0 Å². The van der Waals surface area contributed by atoms with Gasteiger partial charge >= 0.3 is 5.97 Å². The molecule has 0 aromatic carbocycles. The average Bonchev–Trinajstić information content (AvgIpc) is 2.05. The molecule has 12 heavy (non-hydrogen) atoms. The van der Waals surface area contributed by atoms with Gasteiger partial charge in [-0.05, 0) is 0 Å². The van der Waals surface area contributed by atoms with Gasteiger partial charge in [-0.1, -0.05) is 12.2 Å². The van der Waals surface area contributed by atoms with Crippen LogP contribution in [0.15, 0.2) is 12.2 Å². The zero-order chi connectivity index (χ0) is 8.55. The number of carbonyl (C=O) groups excluding carboxylic acids is 1. The summed E-state index contributed by atoms with van der Waals surface area (Å²) in [5.41, 5.74) is 0. The summed E-state index contributed by atoms with van der Waals surface area (Å²) in [6, 6.07) is 0. The largest absolute Gasteiger partial charge is 0.459 e. The molecule has 66 valence electrons. The molecular weight excluding hydrogens is 160 g/mol. The van der Waals surface area contributed by atoms with Crippen molar-refractivity contribution in [2.24, 2.45) is 0 Å². The molecule has 3 atom stereocenters. The highest BCUT2D eigenvalue weighted by atomic mass is 17.2. The molecule has 0 N–H and O–H groups in total. The Balaban J connectivity index is 2.01. The third-order valence-corrected chi connectivity index (χ3v) is 1.95. The Kier molecular flexibility index (Phi) is 1.86. The van der Waals surface area contributed by atoms with E-state index in [0.29, 0.717) is 6.42 Å². The summed E-state index contributed by atoms with van der Waals surface area (Å²) in [5.74, 6) is -0.274. The highest BCUT2D eigenvalue weighted by Crippen LogP contribution is 2.27.